The molecule has 1 aromatic heterocycles. The molecule has 2 rings (SSSR count). The van der Waals surface area contributed by atoms with Gasteiger partial charge in [0.25, 0.3) is 0 Å². The molecule has 0 unspecified atom stereocenters. The van der Waals surface area contributed by atoms with E-state index in [1.54, 1.807) is 4.90 Å². The highest BCUT2D eigenvalue weighted by molar-refractivity contribution is 5.74. The summed E-state index contributed by atoms with van der Waals surface area (Å²) in [6.45, 7) is 2.99. The Bertz CT molecular complexity index is 464. The number of nitrogens with zero attached hydrogens (tertiary/aromatic N) is 4. The quantitative estimate of drug-likeness (QED) is 0.652. The minimum atomic E-state index is -0.833. The first-order valence-electron chi connectivity index (χ1n) is 6.96. The van der Waals surface area contributed by atoms with Crippen LogP contribution in [0.15, 0.2) is 6.33 Å². The second-order valence-electron chi connectivity index (χ2n) is 4.92. The van der Waals surface area contributed by atoms with Crippen molar-refractivity contribution in [3.63, 3.8) is 0 Å². The van der Waals surface area contributed by atoms with E-state index in [0.717, 1.165) is 12.2 Å². The number of aromatic nitrogens is 3. The summed E-state index contributed by atoms with van der Waals surface area (Å²) >= 11 is 0. The number of carbonyl (C=O) groups excluding carboxylic acids is 1. The van der Waals surface area contributed by atoms with Crippen LogP contribution in [0.5, 0.6) is 0 Å². The molecule has 1 fully saturated rings. The zero-order chi connectivity index (χ0) is 15.1. The van der Waals surface area contributed by atoms with Crippen molar-refractivity contribution in [3.8, 4) is 0 Å². The van der Waals surface area contributed by atoms with Crippen molar-refractivity contribution in [3.05, 3.63) is 12.2 Å². The number of H-pyrrole nitrogens is 1. The van der Waals surface area contributed by atoms with Gasteiger partial charge in [-0.05, 0) is 6.42 Å². The highest BCUT2D eigenvalue weighted by Gasteiger charge is 2.19. The second-order valence-corrected chi connectivity index (χ2v) is 4.92. The Labute approximate surface area is 122 Å². The summed E-state index contributed by atoms with van der Waals surface area (Å²) in [5.74, 6) is -0.0984. The van der Waals surface area contributed by atoms with Gasteiger partial charge in [-0.3, -0.25) is 14.8 Å². The summed E-state index contributed by atoms with van der Waals surface area (Å²) in [6, 6.07) is -0.119. The Morgan fingerprint density at radius 3 is 2.90 bits per heavy atom. The minimum Gasteiger partial charge on any atom is -0.480 e. The van der Waals surface area contributed by atoms with Gasteiger partial charge in [-0.1, -0.05) is 0 Å². The van der Waals surface area contributed by atoms with Gasteiger partial charge >= 0.3 is 12.0 Å². The van der Waals surface area contributed by atoms with Crippen molar-refractivity contribution in [2.24, 2.45) is 0 Å². The SMILES string of the molecule is O=C(O)CN1CCCN(C(=O)NCCc2ncn[nH]2)CC1. The first kappa shape index (κ1) is 15.2. The number of carbonyl (C=O) groups is 2. The molecule has 2 heterocycles. The van der Waals surface area contributed by atoms with E-state index < -0.39 is 5.97 Å². The third-order valence-corrected chi connectivity index (χ3v) is 3.34. The van der Waals surface area contributed by atoms with E-state index in [9.17, 15) is 9.59 Å². The first-order chi connectivity index (χ1) is 10.1. The Hall–Kier alpha value is -2.16. The van der Waals surface area contributed by atoms with Gasteiger partial charge < -0.3 is 15.3 Å². The van der Waals surface area contributed by atoms with Crippen molar-refractivity contribution in [2.45, 2.75) is 12.8 Å². The van der Waals surface area contributed by atoms with Crippen LogP contribution in [0.2, 0.25) is 0 Å². The van der Waals surface area contributed by atoms with Gasteiger partial charge in [0.2, 0.25) is 0 Å². The molecule has 116 valence electrons. The van der Waals surface area contributed by atoms with Crippen molar-refractivity contribution in [2.75, 3.05) is 39.3 Å². The van der Waals surface area contributed by atoms with Crippen LogP contribution in [0.1, 0.15) is 12.2 Å². The van der Waals surface area contributed by atoms with Gasteiger partial charge in [0.05, 0.1) is 6.54 Å². The van der Waals surface area contributed by atoms with Crippen molar-refractivity contribution >= 4 is 12.0 Å². The molecular weight excluding hydrogens is 276 g/mol. The molecule has 1 aromatic rings. The number of urea groups is 1. The van der Waals surface area contributed by atoms with Gasteiger partial charge in [0.1, 0.15) is 12.2 Å². The fourth-order valence-corrected chi connectivity index (χ4v) is 2.27. The number of hydrogen-bond donors (Lipinski definition) is 3. The van der Waals surface area contributed by atoms with Crippen LogP contribution in [0, 0.1) is 0 Å². The number of carboxylic acid groups (broad SMARTS) is 1. The van der Waals surface area contributed by atoms with Gasteiger partial charge in [-0.2, -0.15) is 5.10 Å². The summed E-state index contributed by atoms with van der Waals surface area (Å²) in [7, 11) is 0. The van der Waals surface area contributed by atoms with Crippen molar-refractivity contribution < 1.29 is 14.7 Å². The molecule has 9 nitrogen and oxygen atoms in total. The highest BCUT2D eigenvalue weighted by atomic mass is 16.4. The normalized spacial score (nSPS) is 16.5. The smallest absolute Gasteiger partial charge is 0.317 e. The average Bonchev–Trinajstić information content (AvgIpc) is 2.84. The molecule has 2 amide bonds. The molecule has 9 heteroatoms. The maximum Gasteiger partial charge on any atom is 0.317 e. The van der Waals surface area contributed by atoms with Crippen LogP contribution in [-0.2, 0) is 11.2 Å². The lowest BCUT2D eigenvalue weighted by atomic mass is 10.4. The second kappa shape index (κ2) is 7.58. The third kappa shape index (κ3) is 5.03. The van der Waals surface area contributed by atoms with Gasteiger partial charge in [-0.15, -0.1) is 0 Å². The molecule has 0 bridgehead atoms. The number of rotatable bonds is 5. The van der Waals surface area contributed by atoms with E-state index in [0.29, 0.717) is 39.1 Å². The zero-order valence-corrected chi connectivity index (χ0v) is 11.8. The molecule has 1 saturated heterocycles. The summed E-state index contributed by atoms with van der Waals surface area (Å²) in [6.07, 6.45) is 2.82. The molecule has 3 N–H and O–H groups in total. The van der Waals surface area contributed by atoms with E-state index in [1.165, 1.54) is 6.33 Å². The number of aromatic amines is 1. The van der Waals surface area contributed by atoms with Crippen LogP contribution in [0.25, 0.3) is 0 Å². The number of carboxylic acids is 1. The zero-order valence-electron chi connectivity index (χ0n) is 11.8. The van der Waals surface area contributed by atoms with E-state index in [2.05, 4.69) is 20.5 Å². The Morgan fingerprint density at radius 2 is 2.19 bits per heavy atom. The number of hydrogen-bond acceptors (Lipinski definition) is 5. The van der Waals surface area contributed by atoms with E-state index in [-0.39, 0.29) is 12.6 Å². The largest absolute Gasteiger partial charge is 0.480 e. The summed E-state index contributed by atoms with van der Waals surface area (Å²) in [5.41, 5.74) is 0. The van der Waals surface area contributed by atoms with Gasteiger partial charge in [-0.25, -0.2) is 9.78 Å². The third-order valence-electron chi connectivity index (χ3n) is 3.34. The lowest BCUT2D eigenvalue weighted by Gasteiger charge is -2.21. The monoisotopic (exact) mass is 296 g/mol. The average molecular weight is 296 g/mol. The summed E-state index contributed by atoms with van der Waals surface area (Å²) in [5, 5.41) is 18.1. The lowest BCUT2D eigenvalue weighted by Crippen LogP contribution is -2.43. The molecule has 0 atom stereocenters. The Morgan fingerprint density at radius 1 is 1.33 bits per heavy atom. The van der Waals surface area contributed by atoms with Crippen LogP contribution in [-0.4, -0.2) is 81.4 Å². The molecule has 0 aliphatic carbocycles. The topological polar surface area (TPSA) is 114 Å². The van der Waals surface area contributed by atoms with E-state index in [4.69, 9.17) is 5.11 Å². The first-order valence-corrected chi connectivity index (χ1v) is 6.96. The molecule has 0 saturated carbocycles. The summed E-state index contributed by atoms with van der Waals surface area (Å²) in [4.78, 5) is 30.3. The number of amides is 2. The maximum atomic E-state index is 12.0. The predicted molar refractivity (Wildman–Crippen MR) is 73.8 cm³/mol. The predicted octanol–water partition coefficient (Wildman–Crippen LogP) is -0.851. The maximum absolute atomic E-state index is 12.0. The van der Waals surface area contributed by atoms with E-state index in [1.807, 2.05) is 4.90 Å². The Balaban J connectivity index is 1.71. The standard InChI is InChI=1S/C12H20N6O3/c19-11(20)8-17-4-1-5-18(7-6-17)12(21)13-3-2-10-14-9-15-16-10/h9H,1-8H2,(H,13,21)(H,19,20)(H,14,15,16). The summed E-state index contributed by atoms with van der Waals surface area (Å²) < 4.78 is 0. The van der Waals surface area contributed by atoms with Crippen LogP contribution >= 0.6 is 0 Å². The number of aliphatic carboxylic acids is 1. The minimum absolute atomic E-state index is 0.0287. The van der Waals surface area contributed by atoms with Crippen molar-refractivity contribution in [1.82, 2.24) is 30.3 Å². The molecule has 21 heavy (non-hydrogen) atoms. The lowest BCUT2D eigenvalue weighted by molar-refractivity contribution is -0.138. The Kier molecular flexibility index (Phi) is 5.50. The van der Waals surface area contributed by atoms with Crippen molar-refractivity contribution in [1.29, 1.82) is 0 Å². The van der Waals surface area contributed by atoms with Gasteiger partial charge in [0.15, 0.2) is 0 Å². The molecular formula is C12H20N6O3. The molecule has 1 aliphatic heterocycles. The molecule has 0 aromatic carbocycles. The van der Waals surface area contributed by atoms with Gasteiger partial charge in [0, 0.05) is 39.1 Å². The fraction of sp³-hybridized carbons (Fsp3) is 0.667. The van der Waals surface area contributed by atoms with Crippen LogP contribution in [0.4, 0.5) is 4.79 Å². The van der Waals surface area contributed by atoms with Crippen LogP contribution in [0.3, 0.4) is 0 Å². The molecule has 1 aliphatic rings. The van der Waals surface area contributed by atoms with Crippen LogP contribution < -0.4 is 5.32 Å². The highest BCUT2D eigenvalue weighted by Crippen LogP contribution is 2.03. The van der Waals surface area contributed by atoms with E-state index >= 15 is 0 Å². The molecule has 0 spiro atoms. The fourth-order valence-electron chi connectivity index (χ4n) is 2.27. The number of nitrogens with one attached hydrogen (secondary N) is 2. The molecule has 0 radical (unpaired) electrons.